The lowest BCUT2D eigenvalue weighted by atomic mass is 9.71. The van der Waals surface area contributed by atoms with E-state index in [9.17, 15) is 9.13 Å². The van der Waals surface area contributed by atoms with Gasteiger partial charge in [0.1, 0.15) is 0 Å². The zero-order valence-corrected chi connectivity index (χ0v) is 37.0. The highest BCUT2D eigenvalue weighted by Crippen LogP contribution is 2.54. The Labute approximate surface area is 327 Å². The van der Waals surface area contributed by atoms with E-state index in [1.807, 2.05) is 12.2 Å². The van der Waals surface area contributed by atoms with Gasteiger partial charge in [0.15, 0.2) is 0 Å². The SMILES string of the molecule is COP(=O)(OC)OC1CC(C)=C(C=CC(C)=CC=CC(C)=CC=CC=C(C)C=CC=C(C)C=CC2=C(C)CC(OP(=O)(OC)OC)CC2(C)C)C(C)(C)C1. The molecule has 0 aliphatic heterocycles. The summed E-state index contributed by atoms with van der Waals surface area (Å²) >= 11 is 0. The lowest BCUT2D eigenvalue weighted by Gasteiger charge is -2.38. The summed E-state index contributed by atoms with van der Waals surface area (Å²) in [6.07, 6.45) is 31.8. The molecule has 2 rings (SSSR count). The van der Waals surface area contributed by atoms with Crippen molar-refractivity contribution in [3.63, 3.8) is 0 Å². The fourth-order valence-electron chi connectivity index (χ4n) is 6.90. The van der Waals surface area contributed by atoms with E-state index in [2.05, 4.69) is 142 Å². The van der Waals surface area contributed by atoms with Crippen molar-refractivity contribution < 1.29 is 36.3 Å². The molecule has 0 N–H and O–H groups in total. The number of allylic oxidation sites excluding steroid dienone is 20. The zero-order chi connectivity index (χ0) is 40.7. The minimum absolute atomic E-state index is 0.147. The van der Waals surface area contributed by atoms with Crippen LogP contribution in [0.3, 0.4) is 0 Å². The van der Waals surface area contributed by atoms with E-state index in [1.165, 1.54) is 50.7 Å². The van der Waals surface area contributed by atoms with Crippen LogP contribution in [0.15, 0.2) is 130 Å². The lowest BCUT2D eigenvalue weighted by molar-refractivity contribution is 0.0754. The number of hydrogen-bond donors (Lipinski definition) is 0. The molecule has 0 aromatic rings. The second kappa shape index (κ2) is 21.6. The molecular formula is C44H66O8P2. The van der Waals surface area contributed by atoms with Crippen molar-refractivity contribution in [3.05, 3.63) is 130 Å². The molecule has 300 valence electrons. The van der Waals surface area contributed by atoms with Gasteiger partial charge in [0.2, 0.25) is 0 Å². The molecule has 0 spiro atoms. The van der Waals surface area contributed by atoms with E-state index in [4.69, 9.17) is 27.1 Å². The number of hydrogen-bond acceptors (Lipinski definition) is 8. The van der Waals surface area contributed by atoms with Crippen molar-refractivity contribution in [1.82, 2.24) is 0 Å². The maximum Gasteiger partial charge on any atom is 0.474 e. The number of phosphoric acid groups is 2. The summed E-state index contributed by atoms with van der Waals surface area (Å²) in [6, 6.07) is 0. The highest BCUT2D eigenvalue weighted by Gasteiger charge is 2.39. The molecule has 0 fully saturated rings. The van der Waals surface area contributed by atoms with E-state index >= 15 is 0 Å². The number of phosphoric ester groups is 2. The fourth-order valence-corrected chi connectivity index (χ4v) is 8.57. The van der Waals surface area contributed by atoms with E-state index in [0.717, 1.165) is 35.1 Å². The van der Waals surface area contributed by atoms with Gasteiger partial charge in [-0.2, -0.15) is 0 Å². The third-order valence-electron chi connectivity index (χ3n) is 9.66. The van der Waals surface area contributed by atoms with Gasteiger partial charge in [-0.05, 0) is 89.2 Å². The van der Waals surface area contributed by atoms with Gasteiger partial charge in [-0.1, -0.05) is 146 Å². The smallest absolute Gasteiger partial charge is 0.290 e. The van der Waals surface area contributed by atoms with Crippen LogP contribution in [0.4, 0.5) is 0 Å². The van der Waals surface area contributed by atoms with Crippen molar-refractivity contribution in [2.45, 2.75) is 107 Å². The van der Waals surface area contributed by atoms with Crippen LogP contribution in [0.25, 0.3) is 0 Å². The van der Waals surface area contributed by atoms with Crippen molar-refractivity contribution >= 4 is 15.6 Å². The highest BCUT2D eigenvalue weighted by molar-refractivity contribution is 7.48. The van der Waals surface area contributed by atoms with Crippen LogP contribution in [0.1, 0.15) is 94.9 Å². The summed E-state index contributed by atoms with van der Waals surface area (Å²) in [5.41, 5.74) is 9.24. The molecular weight excluding hydrogens is 718 g/mol. The molecule has 2 aliphatic rings. The Hall–Kier alpha value is -2.64. The Kier molecular flexibility index (Phi) is 19.0. The summed E-state index contributed by atoms with van der Waals surface area (Å²) in [5.74, 6) is 0. The zero-order valence-electron chi connectivity index (χ0n) is 35.2. The van der Waals surface area contributed by atoms with Crippen LogP contribution < -0.4 is 0 Å². The van der Waals surface area contributed by atoms with Crippen LogP contribution in [0.5, 0.6) is 0 Å². The molecule has 0 amide bonds. The Balaban J connectivity index is 1.95. The van der Waals surface area contributed by atoms with Crippen LogP contribution in [-0.4, -0.2) is 40.6 Å². The summed E-state index contributed by atoms with van der Waals surface area (Å²) in [7, 11) is -1.69. The first-order valence-corrected chi connectivity index (χ1v) is 21.4. The van der Waals surface area contributed by atoms with Gasteiger partial charge < -0.3 is 0 Å². The van der Waals surface area contributed by atoms with Gasteiger partial charge in [0.05, 0.1) is 12.2 Å². The quantitative estimate of drug-likeness (QED) is 0.100. The highest BCUT2D eigenvalue weighted by atomic mass is 31.2. The predicted molar refractivity (Wildman–Crippen MR) is 225 cm³/mol. The Morgan fingerprint density at radius 2 is 0.833 bits per heavy atom. The third-order valence-corrected chi connectivity index (χ3v) is 12.6. The van der Waals surface area contributed by atoms with Crippen molar-refractivity contribution in [3.8, 4) is 0 Å². The minimum Gasteiger partial charge on any atom is -0.290 e. The van der Waals surface area contributed by atoms with Crippen molar-refractivity contribution in [1.29, 1.82) is 0 Å². The summed E-state index contributed by atoms with van der Waals surface area (Å²) < 4.78 is 56.5. The topological polar surface area (TPSA) is 89.5 Å². The first kappa shape index (κ1) is 47.5. The van der Waals surface area contributed by atoms with E-state index in [1.54, 1.807) is 0 Å². The largest absolute Gasteiger partial charge is 0.474 e. The molecule has 2 atom stereocenters. The van der Waals surface area contributed by atoms with Gasteiger partial charge in [-0.25, -0.2) is 9.13 Å². The van der Waals surface area contributed by atoms with Gasteiger partial charge >= 0.3 is 15.6 Å². The van der Waals surface area contributed by atoms with E-state index < -0.39 is 15.6 Å². The normalized spacial score (nSPS) is 22.8. The third kappa shape index (κ3) is 15.5. The fraction of sp³-hybridized carbons (Fsp3) is 0.500. The molecule has 0 radical (unpaired) electrons. The molecule has 0 bridgehead atoms. The van der Waals surface area contributed by atoms with Crippen LogP contribution in [0, 0.1) is 10.8 Å². The molecule has 0 heterocycles. The second-order valence-electron chi connectivity index (χ2n) is 15.5. The summed E-state index contributed by atoms with van der Waals surface area (Å²) in [4.78, 5) is 0. The van der Waals surface area contributed by atoms with Crippen LogP contribution in [-0.2, 0) is 36.3 Å². The maximum atomic E-state index is 12.5. The molecule has 2 unspecified atom stereocenters. The molecule has 2 aliphatic carbocycles. The summed E-state index contributed by atoms with van der Waals surface area (Å²) in [6.45, 7) is 21.3. The second-order valence-corrected chi connectivity index (χ2v) is 19.1. The van der Waals surface area contributed by atoms with Gasteiger partial charge in [-0.15, -0.1) is 0 Å². The Morgan fingerprint density at radius 1 is 0.537 bits per heavy atom. The van der Waals surface area contributed by atoms with Crippen molar-refractivity contribution in [2.75, 3.05) is 28.4 Å². The molecule has 10 heteroatoms. The molecule has 0 aromatic carbocycles. The van der Waals surface area contributed by atoms with Crippen LogP contribution >= 0.6 is 15.6 Å². The monoisotopic (exact) mass is 784 g/mol. The van der Waals surface area contributed by atoms with Gasteiger partial charge in [-0.3, -0.25) is 27.1 Å². The Bertz CT molecular complexity index is 1600. The average molecular weight is 785 g/mol. The molecule has 0 aromatic heterocycles. The van der Waals surface area contributed by atoms with E-state index in [-0.39, 0.29) is 23.0 Å². The standard InChI is InChI=1S/C44H66O8P2/c1-33(21-17-23-35(3)25-27-41-37(5)29-39(31-43(41,7)8)51-53(45,47-11)48-12)19-15-16-20-34(2)22-18-24-36(4)26-28-42-38(6)30-40(32-44(42,9)10)52-54(46,49-13)50-14/h15-28,39-40H,29-32H2,1-14H3. The van der Waals surface area contributed by atoms with Gasteiger partial charge in [0.25, 0.3) is 0 Å². The first-order valence-electron chi connectivity index (χ1n) is 18.5. The lowest BCUT2D eigenvalue weighted by Crippen LogP contribution is -2.30. The molecule has 0 saturated heterocycles. The molecule has 0 saturated carbocycles. The maximum absolute atomic E-state index is 12.5. The predicted octanol–water partition coefficient (Wildman–Crippen LogP) is 13.4. The van der Waals surface area contributed by atoms with Crippen LogP contribution in [0.2, 0.25) is 0 Å². The molecule has 54 heavy (non-hydrogen) atoms. The average Bonchev–Trinajstić information content (AvgIpc) is 3.08. The van der Waals surface area contributed by atoms with E-state index in [0.29, 0.717) is 12.8 Å². The Morgan fingerprint density at radius 3 is 1.13 bits per heavy atom. The number of rotatable bonds is 18. The summed E-state index contributed by atoms with van der Waals surface area (Å²) in [5, 5.41) is 0. The minimum atomic E-state index is -3.53. The van der Waals surface area contributed by atoms with Crippen molar-refractivity contribution in [2.24, 2.45) is 10.8 Å². The first-order chi connectivity index (χ1) is 25.2. The molecule has 8 nitrogen and oxygen atoms in total. The van der Waals surface area contributed by atoms with Gasteiger partial charge in [0, 0.05) is 28.4 Å².